The molecule has 0 unspecified atom stereocenters. The van der Waals surface area contributed by atoms with Gasteiger partial charge in [0.2, 0.25) is 0 Å². The molecule has 0 radical (unpaired) electrons. The number of fused-ring (bicyclic) bond motifs is 1. The smallest absolute Gasteiger partial charge is 0.168 e. The van der Waals surface area contributed by atoms with E-state index in [0.29, 0.717) is 17.5 Å². The fourth-order valence-corrected chi connectivity index (χ4v) is 3.66. The number of carbonyl (C=O) groups excluding carboxylic acids is 1. The van der Waals surface area contributed by atoms with Crippen LogP contribution in [0.1, 0.15) is 33.5 Å². The lowest BCUT2D eigenvalue weighted by Gasteiger charge is -2.21. The van der Waals surface area contributed by atoms with Crippen LogP contribution in [0.15, 0.2) is 54.7 Å². The van der Waals surface area contributed by atoms with E-state index in [1.165, 1.54) is 11.1 Å². The van der Waals surface area contributed by atoms with Crippen LogP contribution in [0.3, 0.4) is 0 Å². The molecule has 134 valence electrons. The summed E-state index contributed by atoms with van der Waals surface area (Å²) in [6.07, 6.45) is 5.68. The van der Waals surface area contributed by atoms with Gasteiger partial charge in [-0.2, -0.15) is 5.26 Å². The Morgan fingerprint density at radius 2 is 2.11 bits per heavy atom. The Morgan fingerprint density at radius 1 is 1.26 bits per heavy atom. The number of carbonyl (C=O) groups is 1. The summed E-state index contributed by atoms with van der Waals surface area (Å²) in [7, 11) is 2.13. The van der Waals surface area contributed by atoms with Gasteiger partial charge in [0.15, 0.2) is 5.78 Å². The van der Waals surface area contributed by atoms with Crippen molar-refractivity contribution in [3.63, 3.8) is 0 Å². The van der Waals surface area contributed by atoms with E-state index in [4.69, 9.17) is 0 Å². The molecule has 4 nitrogen and oxygen atoms in total. The van der Waals surface area contributed by atoms with Crippen LogP contribution in [-0.4, -0.2) is 35.8 Å². The Balaban J connectivity index is 1.65. The number of hydrogen-bond donors (Lipinski definition) is 1. The molecule has 2 aromatic carbocycles. The maximum atomic E-state index is 12.7. The average molecular weight is 355 g/mol. The van der Waals surface area contributed by atoms with Gasteiger partial charge in [-0.3, -0.25) is 4.79 Å². The molecule has 27 heavy (non-hydrogen) atoms. The van der Waals surface area contributed by atoms with Crippen LogP contribution in [0.4, 0.5) is 0 Å². The van der Waals surface area contributed by atoms with Crippen molar-refractivity contribution in [2.45, 2.75) is 12.8 Å². The van der Waals surface area contributed by atoms with E-state index in [1.807, 2.05) is 12.1 Å². The molecule has 1 aliphatic rings. The lowest BCUT2D eigenvalue weighted by atomic mass is 9.95. The van der Waals surface area contributed by atoms with Gasteiger partial charge < -0.3 is 9.88 Å². The summed E-state index contributed by atoms with van der Waals surface area (Å²) in [4.78, 5) is 18.4. The van der Waals surface area contributed by atoms with Crippen molar-refractivity contribution in [2.24, 2.45) is 0 Å². The summed E-state index contributed by atoms with van der Waals surface area (Å²) in [5, 5.41) is 10.4. The number of hydrogen-bond acceptors (Lipinski definition) is 3. The highest BCUT2D eigenvalue weighted by Gasteiger charge is 2.15. The van der Waals surface area contributed by atoms with Crippen LogP contribution in [0.25, 0.3) is 16.5 Å². The zero-order valence-corrected chi connectivity index (χ0v) is 15.3. The summed E-state index contributed by atoms with van der Waals surface area (Å²) in [6.45, 7) is 2.02. The second-order valence-corrected chi connectivity index (χ2v) is 7.08. The molecule has 0 atom stereocenters. The van der Waals surface area contributed by atoms with Crippen molar-refractivity contribution in [3.8, 4) is 6.07 Å². The van der Waals surface area contributed by atoms with Crippen LogP contribution in [0.2, 0.25) is 0 Å². The molecule has 4 rings (SSSR count). The number of H-pyrrole nitrogens is 1. The SMILES string of the molecule is CN1CC=C(c2c[nH]c3ccc(CC(=O)c4ccccc4C#N)cc23)CC1. The summed E-state index contributed by atoms with van der Waals surface area (Å²) in [5.41, 5.74) is 5.56. The van der Waals surface area contributed by atoms with Gasteiger partial charge in [0.25, 0.3) is 0 Å². The van der Waals surface area contributed by atoms with Crippen LogP contribution in [-0.2, 0) is 6.42 Å². The second-order valence-electron chi connectivity index (χ2n) is 7.08. The number of likely N-dealkylation sites (N-methyl/N-ethyl adjacent to an activating group) is 1. The molecule has 1 aromatic heterocycles. The van der Waals surface area contributed by atoms with E-state index in [9.17, 15) is 10.1 Å². The first-order chi connectivity index (χ1) is 13.2. The van der Waals surface area contributed by atoms with Crippen molar-refractivity contribution in [1.82, 2.24) is 9.88 Å². The number of aromatic amines is 1. The standard InChI is InChI=1S/C23H21N3O/c1-26-10-8-17(9-11-26)21-15-25-22-7-6-16(12-20(21)22)13-23(27)19-5-3-2-4-18(19)14-24/h2-8,12,15,25H,9-11,13H2,1H3. The first kappa shape index (κ1) is 17.3. The largest absolute Gasteiger partial charge is 0.361 e. The predicted octanol–water partition coefficient (Wildman–Crippen LogP) is 4.18. The van der Waals surface area contributed by atoms with Crippen LogP contribution < -0.4 is 0 Å². The van der Waals surface area contributed by atoms with Gasteiger partial charge in [-0.1, -0.05) is 30.3 Å². The van der Waals surface area contributed by atoms with Crippen molar-refractivity contribution >= 4 is 22.3 Å². The van der Waals surface area contributed by atoms with Gasteiger partial charge in [-0.05, 0) is 42.8 Å². The highest BCUT2D eigenvalue weighted by atomic mass is 16.1. The minimum Gasteiger partial charge on any atom is -0.361 e. The van der Waals surface area contributed by atoms with Gasteiger partial charge in [-0.25, -0.2) is 0 Å². The van der Waals surface area contributed by atoms with Gasteiger partial charge in [0.1, 0.15) is 0 Å². The molecule has 0 saturated heterocycles. The van der Waals surface area contributed by atoms with Crippen LogP contribution in [0, 0.1) is 11.3 Å². The zero-order chi connectivity index (χ0) is 18.8. The molecule has 2 heterocycles. The average Bonchev–Trinajstić information content (AvgIpc) is 3.11. The quantitative estimate of drug-likeness (QED) is 0.714. The third-order valence-electron chi connectivity index (χ3n) is 5.22. The van der Waals surface area contributed by atoms with E-state index in [0.717, 1.165) is 36.0 Å². The molecule has 0 fully saturated rings. The molecule has 0 saturated carbocycles. The monoisotopic (exact) mass is 355 g/mol. The van der Waals surface area contributed by atoms with E-state index in [1.54, 1.807) is 24.3 Å². The predicted molar refractivity (Wildman–Crippen MR) is 108 cm³/mol. The van der Waals surface area contributed by atoms with E-state index in [-0.39, 0.29) is 5.78 Å². The summed E-state index contributed by atoms with van der Waals surface area (Å²) >= 11 is 0. The van der Waals surface area contributed by atoms with Crippen molar-refractivity contribution in [3.05, 3.63) is 77.0 Å². The molecule has 0 bridgehead atoms. The topological polar surface area (TPSA) is 59.9 Å². The molecule has 1 aliphatic heterocycles. The Bertz CT molecular complexity index is 1080. The van der Waals surface area contributed by atoms with Gasteiger partial charge in [0, 0.05) is 47.7 Å². The fraction of sp³-hybridized carbons (Fsp3) is 0.217. The van der Waals surface area contributed by atoms with Gasteiger partial charge >= 0.3 is 0 Å². The first-order valence-corrected chi connectivity index (χ1v) is 9.16. The summed E-state index contributed by atoms with van der Waals surface area (Å²) in [6, 6.07) is 15.2. The van der Waals surface area contributed by atoms with Crippen molar-refractivity contribution in [2.75, 3.05) is 20.1 Å². The Morgan fingerprint density at radius 3 is 2.89 bits per heavy atom. The third kappa shape index (κ3) is 3.42. The lowest BCUT2D eigenvalue weighted by Crippen LogP contribution is -2.23. The molecule has 4 heteroatoms. The first-order valence-electron chi connectivity index (χ1n) is 9.16. The maximum absolute atomic E-state index is 12.7. The molecule has 0 amide bonds. The zero-order valence-electron chi connectivity index (χ0n) is 15.3. The Hall–Kier alpha value is -3.16. The molecule has 0 aliphatic carbocycles. The highest BCUT2D eigenvalue weighted by molar-refractivity contribution is 6.00. The number of ketones is 1. The fourth-order valence-electron chi connectivity index (χ4n) is 3.66. The Labute approximate surface area is 158 Å². The van der Waals surface area contributed by atoms with Crippen LogP contribution >= 0.6 is 0 Å². The van der Waals surface area contributed by atoms with Gasteiger partial charge in [-0.15, -0.1) is 0 Å². The van der Waals surface area contributed by atoms with E-state index < -0.39 is 0 Å². The summed E-state index contributed by atoms with van der Waals surface area (Å²) < 4.78 is 0. The number of benzene rings is 2. The molecular formula is C23H21N3O. The molecule has 0 spiro atoms. The highest BCUT2D eigenvalue weighted by Crippen LogP contribution is 2.30. The number of nitrogens with one attached hydrogen (secondary N) is 1. The maximum Gasteiger partial charge on any atom is 0.168 e. The van der Waals surface area contributed by atoms with Crippen molar-refractivity contribution < 1.29 is 4.79 Å². The number of rotatable bonds is 4. The summed E-state index contributed by atoms with van der Waals surface area (Å²) in [5.74, 6) is -0.0258. The number of Topliss-reactive ketones (excluding diaryl/α,β-unsaturated/α-hetero) is 1. The number of aromatic nitrogens is 1. The van der Waals surface area contributed by atoms with E-state index >= 15 is 0 Å². The molecule has 3 aromatic rings. The molecular weight excluding hydrogens is 334 g/mol. The van der Waals surface area contributed by atoms with Gasteiger partial charge in [0.05, 0.1) is 11.6 Å². The minimum atomic E-state index is -0.0258. The lowest BCUT2D eigenvalue weighted by molar-refractivity contribution is 0.0993. The number of nitriles is 1. The number of nitrogens with zero attached hydrogens (tertiary/aromatic N) is 2. The normalized spacial score (nSPS) is 14.7. The second kappa shape index (κ2) is 7.22. The Kier molecular flexibility index (Phi) is 4.62. The minimum absolute atomic E-state index is 0.0258. The van der Waals surface area contributed by atoms with Crippen LogP contribution in [0.5, 0.6) is 0 Å². The molecule has 1 N–H and O–H groups in total. The van der Waals surface area contributed by atoms with E-state index in [2.05, 4.69) is 41.3 Å². The van der Waals surface area contributed by atoms with Crippen molar-refractivity contribution in [1.29, 1.82) is 5.26 Å². The third-order valence-corrected chi connectivity index (χ3v) is 5.22.